The van der Waals surface area contributed by atoms with Crippen LogP contribution in [0.3, 0.4) is 0 Å². The summed E-state index contributed by atoms with van der Waals surface area (Å²) in [6, 6.07) is 12.7. The van der Waals surface area contributed by atoms with E-state index in [9.17, 15) is 14.7 Å². The molecule has 0 bridgehead atoms. The summed E-state index contributed by atoms with van der Waals surface area (Å²) in [5.41, 5.74) is 1.10. The first kappa shape index (κ1) is 16.5. The zero-order chi connectivity index (χ0) is 16.7. The van der Waals surface area contributed by atoms with Crippen LogP contribution < -0.4 is 5.32 Å². The number of hydrogen-bond donors (Lipinski definition) is 2. The number of pyridine rings is 1. The number of carbonyl (C=O) groups is 2. The largest absolute Gasteiger partial charge is 0.504 e. The van der Waals surface area contributed by atoms with Crippen molar-refractivity contribution < 1.29 is 14.7 Å². The van der Waals surface area contributed by atoms with E-state index in [1.165, 1.54) is 24.1 Å². The standard InChI is InChI=1S/C17H19N3O3/c1-13(21)20(11-9-14-6-3-2-4-7-14)12-16(23)19-17-15(22)8-5-10-18-17/h2-8,10,22H,9,11-12H2,1H3,(H,18,19,23). The van der Waals surface area contributed by atoms with Gasteiger partial charge in [-0.2, -0.15) is 0 Å². The zero-order valence-electron chi connectivity index (χ0n) is 12.9. The zero-order valence-corrected chi connectivity index (χ0v) is 12.9. The van der Waals surface area contributed by atoms with Crippen molar-refractivity contribution in [2.45, 2.75) is 13.3 Å². The number of nitrogens with zero attached hydrogens (tertiary/aromatic N) is 2. The van der Waals surface area contributed by atoms with Crippen molar-refractivity contribution >= 4 is 17.6 Å². The predicted octanol–water partition coefficient (Wildman–Crippen LogP) is 1.82. The fourth-order valence-electron chi connectivity index (χ4n) is 2.09. The molecule has 2 N–H and O–H groups in total. The smallest absolute Gasteiger partial charge is 0.245 e. The number of aromatic hydroxyl groups is 1. The minimum absolute atomic E-state index is 0.0851. The third-order valence-electron chi connectivity index (χ3n) is 3.34. The number of amides is 2. The van der Waals surface area contributed by atoms with Gasteiger partial charge >= 0.3 is 0 Å². The van der Waals surface area contributed by atoms with Crippen LogP contribution in [-0.2, 0) is 16.0 Å². The number of rotatable bonds is 6. The van der Waals surface area contributed by atoms with Crippen LogP contribution in [0.5, 0.6) is 5.75 Å². The fraction of sp³-hybridized carbons (Fsp3) is 0.235. The van der Waals surface area contributed by atoms with Crippen LogP contribution in [0.2, 0.25) is 0 Å². The summed E-state index contributed by atoms with van der Waals surface area (Å²) < 4.78 is 0. The Labute approximate surface area is 134 Å². The molecule has 0 saturated carbocycles. The van der Waals surface area contributed by atoms with Crippen LogP contribution in [0.1, 0.15) is 12.5 Å². The summed E-state index contributed by atoms with van der Waals surface area (Å²) in [6.07, 6.45) is 2.13. The van der Waals surface area contributed by atoms with Crippen molar-refractivity contribution in [3.8, 4) is 5.75 Å². The Morgan fingerprint density at radius 3 is 2.57 bits per heavy atom. The van der Waals surface area contributed by atoms with Gasteiger partial charge in [-0.05, 0) is 24.1 Å². The van der Waals surface area contributed by atoms with Gasteiger partial charge in [-0.1, -0.05) is 30.3 Å². The van der Waals surface area contributed by atoms with Gasteiger partial charge in [-0.25, -0.2) is 4.98 Å². The first-order valence-corrected chi connectivity index (χ1v) is 7.29. The Bertz CT molecular complexity index is 674. The molecule has 0 atom stereocenters. The summed E-state index contributed by atoms with van der Waals surface area (Å²) in [5, 5.41) is 12.1. The molecule has 0 unspecified atom stereocenters. The Balaban J connectivity index is 1.92. The molecule has 1 aromatic carbocycles. The van der Waals surface area contributed by atoms with Gasteiger partial charge in [0.2, 0.25) is 11.8 Å². The second kappa shape index (κ2) is 7.93. The monoisotopic (exact) mass is 313 g/mol. The van der Waals surface area contributed by atoms with Gasteiger partial charge in [0.15, 0.2) is 11.6 Å². The lowest BCUT2D eigenvalue weighted by atomic mass is 10.1. The van der Waals surface area contributed by atoms with Gasteiger partial charge in [0.1, 0.15) is 0 Å². The Kier molecular flexibility index (Phi) is 5.68. The Hall–Kier alpha value is -2.89. The van der Waals surface area contributed by atoms with Gasteiger partial charge in [-0.3, -0.25) is 9.59 Å². The molecule has 0 aliphatic carbocycles. The summed E-state index contributed by atoms with van der Waals surface area (Å²) in [5.74, 6) is -0.604. The Morgan fingerprint density at radius 2 is 1.91 bits per heavy atom. The summed E-state index contributed by atoms with van der Waals surface area (Å²) in [6.45, 7) is 1.79. The predicted molar refractivity (Wildman–Crippen MR) is 86.9 cm³/mol. The highest BCUT2D eigenvalue weighted by molar-refractivity contribution is 5.94. The third kappa shape index (κ3) is 5.10. The summed E-state index contributed by atoms with van der Waals surface area (Å²) in [7, 11) is 0. The van der Waals surface area contributed by atoms with Gasteiger partial charge in [-0.15, -0.1) is 0 Å². The molecule has 1 heterocycles. The van der Waals surface area contributed by atoms with Crippen LogP contribution in [0, 0.1) is 0 Å². The topological polar surface area (TPSA) is 82.5 Å². The van der Waals surface area contributed by atoms with Crippen molar-refractivity contribution in [1.82, 2.24) is 9.88 Å². The highest BCUT2D eigenvalue weighted by atomic mass is 16.3. The number of anilines is 1. The molecular formula is C17H19N3O3. The number of carbonyl (C=O) groups excluding carboxylic acids is 2. The molecule has 120 valence electrons. The van der Waals surface area contributed by atoms with Crippen molar-refractivity contribution in [1.29, 1.82) is 0 Å². The minimum atomic E-state index is -0.401. The first-order valence-electron chi connectivity index (χ1n) is 7.29. The van der Waals surface area contributed by atoms with Crippen molar-refractivity contribution in [3.63, 3.8) is 0 Å². The van der Waals surface area contributed by atoms with E-state index in [2.05, 4.69) is 10.3 Å². The van der Waals surface area contributed by atoms with Gasteiger partial charge < -0.3 is 15.3 Å². The average molecular weight is 313 g/mol. The molecule has 0 spiro atoms. The van der Waals surface area contributed by atoms with Crippen molar-refractivity contribution in [2.75, 3.05) is 18.4 Å². The third-order valence-corrected chi connectivity index (χ3v) is 3.34. The molecule has 0 aliphatic heterocycles. The number of nitrogens with one attached hydrogen (secondary N) is 1. The molecule has 6 heteroatoms. The maximum absolute atomic E-state index is 12.0. The van der Waals surface area contributed by atoms with E-state index in [0.29, 0.717) is 13.0 Å². The van der Waals surface area contributed by atoms with Crippen LogP contribution >= 0.6 is 0 Å². The Morgan fingerprint density at radius 1 is 1.17 bits per heavy atom. The van der Waals surface area contributed by atoms with Crippen molar-refractivity contribution in [2.24, 2.45) is 0 Å². The minimum Gasteiger partial charge on any atom is -0.504 e. The lowest BCUT2D eigenvalue weighted by Gasteiger charge is -2.20. The van der Waals surface area contributed by atoms with Crippen LogP contribution in [-0.4, -0.2) is 39.9 Å². The molecule has 0 aliphatic rings. The van der Waals surface area contributed by atoms with E-state index >= 15 is 0 Å². The molecule has 0 fully saturated rings. The number of benzene rings is 1. The maximum atomic E-state index is 12.0. The van der Waals surface area contributed by atoms with Crippen LogP contribution in [0.15, 0.2) is 48.7 Å². The van der Waals surface area contributed by atoms with Crippen LogP contribution in [0.4, 0.5) is 5.82 Å². The second-order valence-corrected chi connectivity index (χ2v) is 5.10. The van der Waals surface area contributed by atoms with E-state index in [1.807, 2.05) is 30.3 Å². The van der Waals surface area contributed by atoms with Gasteiger partial charge in [0.05, 0.1) is 6.54 Å². The summed E-state index contributed by atoms with van der Waals surface area (Å²) >= 11 is 0. The molecule has 2 amide bonds. The molecule has 0 saturated heterocycles. The molecule has 6 nitrogen and oxygen atoms in total. The van der Waals surface area contributed by atoms with Crippen LogP contribution in [0.25, 0.3) is 0 Å². The van der Waals surface area contributed by atoms with E-state index in [1.54, 1.807) is 6.07 Å². The molecule has 2 rings (SSSR count). The highest BCUT2D eigenvalue weighted by Gasteiger charge is 2.15. The van der Waals surface area contributed by atoms with Crippen molar-refractivity contribution in [3.05, 3.63) is 54.2 Å². The van der Waals surface area contributed by atoms with E-state index in [0.717, 1.165) is 5.56 Å². The molecule has 1 aromatic heterocycles. The van der Waals surface area contributed by atoms with E-state index < -0.39 is 5.91 Å². The lowest BCUT2D eigenvalue weighted by molar-refractivity contribution is -0.132. The highest BCUT2D eigenvalue weighted by Crippen LogP contribution is 2.17. The molecule has 23 heavy (non-hydrogen) atoms. The van der Waals surface area contributed by atoms with E-state index in [-0.39, 0.29) is 24.0 Å². The van der Waals surface area contributed by atoms with Gasteiger partial charge in [0.25, 0.3) is 0 Å². The van der Waals surface area contributed by atoms with E-state index in [4.69, 9.17) is 0 Å². The lowest BCUT2D eigenvalue weighted by Crippen LogP contribution is -2.38. The first-order chi connectivity index (χ1) is 11.1. The number of aromatic nitrogens is 1. The maximum Gasteiger partial charge on any atom is 0.245 e. The quantitative estimate of drug-likeness (QED) is 0.852. The van der Waals surface area contributed by atoms with Gasteiger partial charge in [0, 0.05) is 19.7 Å². The second-order valence-electron chi connectivity index (χ2n) is 5.10. The SMILES string of the molecule is CC(=O)N(CCc1ccccc1)CC(=O)Nc1ncccc1O. The normalized spacial score (nSPS) is 10.1. The summed E-state index contributed by atoms with van der Waals surface area (Å²) in [4.78, 5) is 29.1. The molecule has 2 aromatic rings. The molecular weight excluding hydrogens is 294 g/mol. The number of hydrogen-bond acceptors (Lipinski definition) is 4. The fourth-order valence-corrected chi connectivity index (χ4v) is 2.09. The molecule has 0 radical (unpaired) electrons. The average Bonchev–Trinajstić information content (AvgIpc) is 2.54.